The van der Waals surface area contributed by atoms with E-state index in [2.05, 4.69) is 19.5 Å². The molecule has 1 aliphatic rings. The lowest BCUT2D eigenvalue weighted by atomic mass is 10.0. The van der Waals surface area contributed by atoms with Gasteiger partial charge < -0.3 is 15.0 Å². The molecule has 1 aliphatic carbocycles. The van der Waals surface area contributed by atoms with Gasteiger partial charge in [-0.05, 0) is 42.7 Å². The van der Waals surface area contributed by atoms with Gasteiger partial charge in [-0.1, -0.05) is 0 Å². The number of carbonyl (C=O) groups is 1. The number of rotatable bonds is 9. The van der Waals surface area contributed by atoms with Crippen LogP contribution in [-0.2, 0) is 33.4 Å². The molecule has 1 fully saturated rings. The second-order valence-electron chi connectivity index (χ2n) is 9.52. The highest BCUT2D eigenvalue weighted by Gasteiger charge is 2.37. The van der Waals surface area contributed by atoms with Gasteiger partial charge in [0.15, 0.2) is 5.78 Å². The number of hydrogen-bond donors (Lipinski definition) is 3. The summed E-state index contributed by atoms with van der Waals surface area (Å²) in [4.78, 5) is 21.2. The Morgan fingerprint density at radius 2 is 1.78 bits per heavy atom. The minimum absolute atomic E-state index is 0.0161. The molecule has 4 N–H and O–H groups in total. The number of hydrogen-bond acceptors (Lipinski definition) is 8. The quantitative estimate of drug-likeness (QED) is 0.248. The first-order valence-corrected chi connectivity index (χ1v) is 13.4. The SMILES string of the molecule is NS(=O)(=O)OCC1CC(Nc2ncncc2C(=O)c2ccn(Cc3cc(C(F)(F)F)cc(C(F)(F)F)c3)c2)CC1O. The van der Waals surface area contributed by atoms with Crippen LogP contribution in [-0.4, -0.2) is 52.6 Å². The first-order chi connectivity index (χ1) is 19.0. The zero-order valence-electron chi connectivity index (χ0n) is 20.9. The fraction of sp³-hybridized carbons (Fsp3) is 0.375. The number of alkyl halides is 6. The predicted molar refractivity (Wildman–Crippen MR) is 131 cm³/mol. The summed E-state index contributed by atoms with van der Waals surface area (Å²) in [5, 5.41) is 18.1. The van der Waals surface area contributed by atoms with Gasteiger partial charge in [0.1, 0.15) is 12.1 Å². The summed E-state index contributed by atoms with van der Waals surface area (Å²) in [6, 6.07) is 2.19. The van der Waals surface area contributed by atoms with Crippen LogP contribution in [0.15, 0.2) is 49.2 Å². The normalized spacial score (nSPS) is 19.9. The highest BCUT2D eigenvalue weighted by molar-refractivity contribution is 7.84. The molecule has 222 valence electrons. The van der Waals surface area contributed by atoms with Crippen LogP contribution in [0.4, 0.5) is 32.2 Å². The largest absolute Gasteiger partial charge is 0.416 e. The number of ketones is 1. The van der Waals surface area contributed by atoms with Crippen molar-refractivity contribution in [1.82, 2.24) is 14.5 Å². The molecule has 3 unspecified atom stereocenters. The van der Waals surface area contributed by atoms with Crippen molar-refractivity contribution in [2.45, 2.75) is 43.9 Å². The van der Waals surface area contributed by atoms with Gasteiger partial charge in [0.2, 0.25) is 0 Å². The number of nitrogens with zero attached hydrogens (tertiary/aromatic N) is 3. The van der Waals surface area contributed by atoms with Crippen LogP contribution in [0.1, 0.15) is 45.5 Å². The van der Waals surface area contributed by atoms with Crippen molar-refractivity contribution in [3.8, 4) is 0 Å². The topological polar surface area (TPSA) is 149 Å². The molecule has 4 rings (SSSR count). The number of halogens is 6. The molecule has 10 nitrogen and oxygen atoms in total. The minimum Gasteiger partial charge on any atom is -0.393 e. The standard InChI is InChI=1S/C24H23F6N5O5S/c25-23(26,27)16-3-13(4-17(6-16)24(28,29)30)9-35-2-1-14(10-35)21(37)19-8-32-12-33-22(19)34-18-5-15(20(36)7-18)11-40-41(31,38)39/h1-4,6,8,10,12,15,18,20,36H,5,7,9,11H2,(H2,31,38,39)(H,32,33,34). The first kappa shape index (κ1) is 30.4. The smallest absolute Gasteiger partial charge is 0.393 e. The van der Waals surface area contributed by atoms with Gasteiger partial charge in [-0.15, -0.1) is 0 Å². The fourth-order valence-electron chi connectivity index (χ4n) is 4.54. The summed E-state index contributed by atoms with van der Waals surface area (Å²) in [6.45, 7) is -0.712. The van der Waals surface area contributed by atoms with E-state index in [9.17, 15) is 44.7 Å². The number of aliphatic hydroxyl groups excluding tert-OH is 1. The molecule has 17 heteroatoms. The maximum Gasteiger partial charge on any atom is 0.416 e. The lowest BCUT2D eigenvalue weighted by molar-refractivity contribution is -0.143. The Morgan fingerprint density at radius 1 is 1.12 bits per heavy atom. The maximum atomic E-state index is 13.2. The Bertz CT molecular complexity index is 1490. The van der Waals surface area contributed by atoms with E-state index in [1.807, 2.05) is 0 Å². The number of aromatic nitrogens is 3. The van der Waals surface area contributed by atoms with E-state index in [4.69, 9.17) is 5.14 Å². The van der Waals surface area contributed by atoms with E-state index < -0.39 is 57.6 Å². The van der Waals surface area contributed by atoms with Gasteiger partial charge in [-0.3, -0.25) is 8.98 Å². The third kappa shape index (κ3) is 7.81. The zero-order chi connectivity index (χ0) is 30.2. The van der Waals surface area contributed by atoms with Crippen LogP contribution in [0.2, 0.25) is 0 Å². The molecule has 3 atom stereocenters. The third-order valence-electron chi connectivity index (χ3n) is 6.43. The molecule has 0 aliphatic heterocycles. The van der Waals surface area contributed by atoms with Gasteiger partial charge in [-0.25, -0.2) is 15.1 Å². The summed E-state index contributed by atoms with van der Waals surface area (Å²) in [5.41, 5.74) is -3.08. The average Bonchev–Trinajstić information content (AvgIpc) is 3.47. The van der Waals surface area contributed by atoms with Crippen LogP contribution < -0.4 is 10.5 Å². The Hall–Kier alpha value is -3.54. The van der Waals surface area contributed by atoms with Gasteiger partial charge in [-0.2, -0.15) is 34.8 Å². The van der Waals surface area contributed by atoms with Crippen molar-refractivity contribution in [2.24, 2.45) is 11.1 Å². The Balaban J connectivity index is 1.50. The maximum absolute atomic E-state index is 13.2. The van der Waals surface area contributed by atoms with Gasteiger partial charge in [0.05, 0.1) is 29.4 Å². The highest BCUT2D eigenvalue weighted by Crippen LogP contribution is 2.36. The van der Waals surface area contributed by atoms with Crippen LogP contribution in [0, 0.1) is 5.92 Å². The van der Waals surface area contributed by atoms with E-state index in [0.717, 1.165) is 0 Å². The molecule has 1 saturated carbocycles. The predicted octanol–water partition coefficient (Wildman–Crippen LogP) is 3.37. The third-order valence-corrected chi connectivity index (χ3v) is 6.89. The summed E-state index contributed by atoms with van der Waals surface area (Å²) in [7, 11) is -4.19. The number of carbonyl (C=O) groups excluding carboxylic acids is 1. The number of aliphatic hydroxyl groups is 1. The molecule has 0 bridgehead atoms. The van der Waals surface area contributed by atoms with E-state index >= 15 is 0 Å². The Morgan fingerprint density at radius 3 is 2.39 bits per heavy atom. The molecule has 2 heterocycles. The summed E-state index contributed by atoms with van der Waals surface area (Å²) >= 11 is 0. The molecular weight excluding hydrogens is 584 g/mol. The van der Waals surface area contributed by atoms with E-state index in [-0.39, 0.29) is 54.6 Å². The molecule has 3 aromatic rings. The van der Waals surface area contributed by atoms with Crippen LogP contribution in [0.3, 0.4) is 0 Å². The number of nitrogens with two attached hydrogens (primary N) is 1. The Kier molecular flexibility index (Phi) is 8.45. The van der Waals surface area contributed by atoms with Gasteiger partial charge >= 0.3 is 22.7 Å². The number of nitrogens with one attached hydrogen (secondary N) is 1. The minimum atomic E-state index is -4.99. The molecular formula is C24H23F6N5O5S. The lowest BCUT2D eigenvalue weighted by Gasteiger charge is -2.15. The molecule has 41 heavy (non-hydrogen) atoms. The van der Waals surface area contributed by atoms with Crippen molar-refractivity contribution in [3.63, 3.8) is 0 Å². The molecule has 0 radical (unpaired) electrons. The van der Waals surface area contributed by atoms with E-state index in [0.29, 0.717) is 12.1 Å². The Labute approximate surface area is 229 Å². The number of anilines is 1. The van der Waals surface area contributed by atoms with Crippen LogP contribution in [0.25, 0.3) is 0 Å². The van der Waals surface area contributed by atoms with Crippen molar-refractivity contribution < 1.29 is 48.8 Å². The molecule has 0 amide bonds. The second-order valence-corrected chi connectivity index (χ2v) is 10.7. The van der Waals surface area contributed by atoms with E-state index in [1.54, 1.807) is 0 Å². The van der Waals surface area contributed by atoms with Crippen LogP contribution >= 0.6 is 0 Å². The van der Waals surface area contributed by atoms with Gasteiger partial charge in [0, 0.05) is 42.7 Å². The molecule has 2 aromatic heterocycles. The first-order valence-electron chi connectivity index (χ1n) is 11.9. The molecule has 1 aromatic carbocycles. The summed E-state index contributed by atoms with van der Waals surface area (Å²) in [5.74, 6) is -1.04. The molecule has 0 spiro atoms. The monoisotopic (exact) mass is 607 g/mol. The van der Waals surface area contributed by atoms with Gasteiger partial charge in [0.25, 0.3) is 0 Å². The van der Waals surface area contributed by atoms with Crippen molar-refractivity contribution in [3.05, 3.63) is 77.0 Å². The molecule has 0 saturated heterocycles. The summed E-state index contributed by atoms with van der Waals surface area (Å²) < 4.78 is 107. The lowest BCUT2D eigenvalue weighted by Crippen LogP contribution is -2.24. The summed E-state index contributed by atoms with van der Waals surface area (Å²) in [6.07, 6.45) is -5.45. The van der Waals surface area contributed by atoms with Crippen molar-refractivity contribution in [1.29, 1.82) is 0 Å². The second kappa shape index (κ2) is 11.4. The van der Waals surface area contributed by atoms with Crippen molar-refractivity contribution >= 4 is 21.9 Å². The number of benzene rings is 1. The van der Waals surface area contributed by atoms with E-state index in [1.165, 1.54) is 35.6 Å². The fourth-order valence-corrected chi connectivity index (χ4v) is 4.90. The average molecular weight is 608 g/mol. The zero-order valence-corrected chi connectivity index (χ0v) is 21.7. The van der Waals surface area contributed by atoms with Crippen molar-refractivity contribution in [2.75, 3.05) is 11.9 Å². The van der Waals surface area contributed by atoms with Crippen LogP contribution in [0.5, 0.6) is 0 Å². The highest BCUT2D eigenvalue weighted by atomic mass is 32.2.